The summed E-state index contributed by atoms with van der Waals surface area (Å²) in [5.41, 5.74) is 1.98. The molecule has 0 unspecified atom stereocenters. The Balaban J connectivity index is 1.62. The Labute approximate surface area is 146 Å². The Kier molecular flexibility index (Phi) is 4.09. The first-order valence-corrected chi connectivity index (χ1v) is 8.80. The fourth-order valence-corrected chi connectivity index (χ4v) is 3.80. The van der Waals surface area contributed by atoms with Gasteiger partial charge in [-0.1, -0.05) is 18.2 Å². The lowest BCUT2D eigenvalue weighted by molar-refractivity contribution is 0.0125. The molecule has 4 rings (SSSR count). The molecule has 6 nitrogen and oxygen atoms in total. The number of hydrogen-bond donors (Lipinski definition) is 2. The van der Waals surface area contributed by atoms with E-state index in [1.807, 2.05) is 31.2 Å². The van der Waals surface area contributed by atoms with Crippen LogP contribution in [0.5, 0.6) is 0 Å². The molecule has 1 aliphatic heterocycles. The Morgan fingerprint density at radius 1 is 1.32 bits per heavy atom. The number of anilines is 1. The second kappa shape index (κ2) is 6.28. The van der Waals surface area contributed by atoms with E-state index in [1.165, 1.54) is 0 Å². The predicted octanol–water partition coefficient (Wildman–Crippen LogP) is 2.52. The molecule has 2 aliphatic rings. The zero-order chi connectivity index (χ0) is 17.4. The second-order valence-electron chi connectivity index (χ2n) is 6.96. The standard InChI is InChI=1S/C19H23N3O3/c1-13-14-4-2-3-5-15(14)21-17(16(13)18(23)24)20-12-19(6-7-19)22-8-10-25-11-9-22/h2-5H,6-12H2,1H3,(H,20,21)(H,23,24). The summed E-state index contributed by atoms with van der Waals surface area (Å²) in [6.07, 6.45) is 2.27. The number of carboxylic acids is 1. The third-order valence-corrected chi connectivity index (χ3v) is 5.46. The van der Waals surface area contributed by atoms with E-state index in [-0.39, 0.29) is 11.1 Å². The third-order valence-electron chi connectivity index (χ3n) is 5.46. The molecule has 0 spiro atoms. The van der Waals surface area contributed by atoms with Crippen LogP contribution in [-0.2, 0) is 4.74 Å². The topological polar surface area (TPSA) is 74.7 Å². The summed E-state index contributed by atoms with van der Waals surface area (Å²) in [6, 6.07) is 7.68. The summed E-state index contributed by atoms with van der Waals surface area (Å²) in [7, 11) is 0. The van der Waals surface area contributed by atoms with Crippen LogP contribution in [-0.4, -0.2) is 59.3 Å². The number of para-hydroxylation sites is 1. The molecule has 6 heteroatoms. The van der Waals surface area contributed by atoms with Crippen molar-refractivity contribution in [2.24, 2.45) is 0 Å². The SMILES string of the molecule is Cc1c(C(=O)O)c(NCC2(N3CCOCC3)CC2)nc2ccccc12. The summed E-state index contributed by atoms with van der Waals surface area (Å²) < 4.78 is 5.45. The van der Waals surface area contributed by atoms with Crippen LogP contribution in [0.2, 0.25) is 0 Å². The fourth-order valence-electron chi connectivity index (χ4n) is 3.80. The van der Waals surface area contributed by atoms with Crippen LogP contribution in [0.15, 0.2) is 24.3 Å². The van der Waals surface area contributed by atoms with Gasteiger partial charge >= 0.3 is 5.97 Å². The molecule has 2 fully saturated rings. The number of carbonyl (C=O) groups is 1. The molecular weight excluding hydrogens is 318 g/mol. The molecular formula is C19H23N3O3. The summed E-state index contributed by atoms with van der Waals surface area (Å²) in [6.45, 7) is 6.01. The van der Waals surface area contributed by atoms with Crippen molar-refractivity contribution in [2.45, 2.75) is 25.3 Å². The van der Waals surface area contributed by atoms with Crippen molar-refractivity contribution in [3.63, 3.8) is 0 Å². The minimum Gasteiger partial charge on any atom is -0.478 e. The minimum atomic E-state index is -0.936. The molecule has 132 valence electrons. The maximum Gasteiger partial charge on any atom is 0.339 e. The van der Waals surface area contributed by atoms with Crippen LogP contribution < -0.4 is 5.32 Å². The van der Waals surface area contributed by atoms with Crippen LogP contribution in [0, 0.1) is 6.92 Å². The summed E-state index contributed by atoms with van der Waals surface area (Å²) in [5, 5.41) is 13.9. The zero-order valence-corrected chi connectivity index (χ0v) is 14.4. The van der Waals surface area contributed by atoms with Gasteiger partial charge < -0.3 is 15.2 Å². The number of rotatable bonds is 5. The predicted molar refractivity (Wildman–Crippen MR) is 96.3 cm³/mol. The highest BCUT2D eigenvalue weighted by Gasteiger charge is 2.48. The van der Waals surface area contributed by atoms with Gasteiger partial charge in [-0.05, 0) is 31.4 Å². The molecule has 0 radical (unpaired) electrons. The lowest BCUT2D eigenvalue weighted by atomic mass is 10.0. The molecule has 1 aliphatic carbocycles. The van der Waals surface area contributed by atoms with E-state index in [0.717, 1.165) is 62.2 Å². The van der Waals surface area contributed by atoms with Crippen LogP contribution >= 0.6 is 0 Å². The maximum absolute atomic E-state index is 11.8. The van der Waals surface area contributed by atoms with E-state index in [1.54, 1.807) is 0 Å². The molecule has 0 bridgehead atoms. The van der Waals surface area contributed by atoms with Gasteiger partial charge in [-0.2, -0.15) is 0 Å². The number of aryl methyl sites for hydroxylation is 1. The number of carboxylic acid groups (broad SMARTS) is 1. The molecule has 25 heavy (non-hydrogen) atoms. The number of morpholine rings is 1. The first kappa shape index (κ1) is 16.3. The van der Waals surface area contributed by atoms with E-state index in [2.05, 4.69) is 15.2 Å². The van der Waals surface area contributed by atoms with Crippen LogP contribution in [0.1, 0.15) is 28.8 Å². The first-order valence-electron chi connectivity index (χ1n) is 8.80. The number of nitrogens with one attached hydrogen (secondary N) is 1. The van der Waals surface area contributed by atoms with Crippen LogP contribution in [0.25, 0.3) is 10.9 Å². The summed E-state index contributed by atoms with van der Waals surface area (Å²) in [4.78, 5) is 18.9. The van der Waals surface area contributed by atoms with Crippen molar-refractivity contribution in [2.75, 3.05) is 38.2 Å². The normalized spacial score (nSPS) is 19.7. The van der Waals surface area contributed by atoms with Crippen molar-refractivity contribution in [1.82, 2.24) is 9.88 Å². The first-order chi connectivity index (χ1) is 12.1. The monoisotopic (exact) mass is 341 g/mol. The van der Waals surface area contributed by atoms with Gasteiger partial charge in [-0.15, -0.1) is 0 Å². The smallest absolute Gasteiger partial charge is 0.339 e. The lowest BCUT2D eigenvalue weighted by Crippen LogP contribution is -2.48. The van der Waals surface area contributed by atoms with Crippen molar-refractivity contribution in [3.05, 3.63) is 35.4 Å². The quantitative estimate of drug-likeness (QED) is 0.870. The van der Waals surface area contributed by atoms with E-state index < -0.39 is 5.97 Å². The molecule has 0 atom stereocenters. The van der Waals surface area contributed by atoms with Gasteiger partial charge in [0.1, 0.15) is 11.4 Å². The highest BCUT2D eigenvalue weighted by Crippen LogP contribution is 2.42. The van der Waals surface area contributed by atoms with Crippen LogP contribution in [0.3, 0.4) is 0 Å². The summed E-state index contributed by atoms with van der Waals surface area (Å²) in [5.74, 6) is -0.460. The number of benzene rings is 1. The molecule has 1 aromatic heterocycles. The fraction of sp³-hybridized carbons (Fsp3) is 0.474. The number of hydrogen-bond acceptors (Lipinski definition) is 5. The Morgan fingerprint density at radius 3 is 2.72 bits per heavy atom. The molecule has 1 aromatic carbocycles. The van der Waals surface area contributed by atoms with Gasteiger partial charge in [0.2, 0.25) is 0 Å². The largest absolute Gasteiger partial charge is 0.478 e. The van der Waals surface area contributed by atoms with Gasteiger partial charge in [-0.3, -0.25) is 4.90 Å². The Bertz CT molecular complexity index is 811. The average molecular weight is 341 g/mol. The van der Waals surface area contributed by atoms with E-state index in [9.17, 15) is 9.90 Å². The van der Waals surface area contributed by atoms with Gasteiger partial charge in [0.15, 0.2) is 0 Å². The highest BCUT2D eigenvalue weighted by atomic mass is 16.5. The van der Waals surface area contributed by atoms with Gasteiger partial charge in [0, 0.05) is 30.6 Å². The second-order valence-corrected chi connectivity index (χ2v) is 6.96. The molecule has 1 saturated heterocycles. The van der Waals surface area contributed by atoms with Gasteiger partial charge in [-0.25, -0.2) is 9.78 Å². The van der Waals surface area contributed by atoms with Crippen molar-refractivity contribution in [3.8, 4) is 0 Å². The Morgan fingerprint density at radius 2 is 2.04 bits per heavy atom. The molecule has 2 aromatic rings. The number of fused-ring (bicyclic) bond motifs is 1. The van der Waals surface area contributed by atoms with Crippen molar-refractivity contribution in [1.29, 1.82) is 0 Å². The average Bonchev–Trinajstić information content (AvgIpc) is 3.42. The summed E-state index contributed by atoms with van der Waals surface area (Å²) >= 11 is 0. The third kappa shape index (κ3) is 2.96. The number of pyridine rings is 1. The number of nitrogens with zero attached hydrogens (tertiary/aromatic N) is 2. The Hall–Kier alpha value is -2.18. The highest BCUT2D eigenvalue weighted by molar-refractivity contribution is 6.01. The number of aromatic nitrogens is 1. The van der Waals surface area contributed by atoms with Crippen LogP contribution in [0.4, 0.5) is 5.82 Å². The van der Waals surface area contributed by atoms with E-state index >= 15 is 0 Å². The number of aromatic carboxylic acids is 1. The van der Waals surface area contributed by atoms with Gasteiger partial charge in [0.25, 0.3) is 0 Å². The molecule has 2 N–H and O–H groups in total. The lowest BCUT2D eigenvalue weighted by Gasteiger charge is -2.35. The van der Waals surface area contributed by atoms with Crippen molar-refractivity contribution < 1.29 is 14.6 Å². The van der Waals surface area contributed by atoms with Gasteiger partial charge in [0.05, 0.1) is 18.7 Å². The minimum absolute atomic E-state index is 0.126. The molecule has 0 amide bonds. The zero-order valence-electron chi connectivity index (χ0n) is 14.4. The molecule has 2 heterocycles. The number of ether oxygens (including phenoxy) is 1. The van der Waals surface area contributed by atoms with E-state index in [0.29, 0.717) is 5.82 Å². The maximum atomic E-state index is 11.8. The van der Waals surface area contributed by atoms with E-state index in [4.69, 9.17) is 4.74 Å². The molecule has 1 saturated carbocycles. The van der Waals surface area contributed by atoms with Crippen molar-refractivity contribution >= 4 is 22.7 Å².